The summed E-state index contributed by atoms with van der Waals surface area (Å²) in [5.41, 5.74) is 4.39. The highest BCUT2D eigenvalue weighted by Crippen LogP contribution is 2.23. The van der Waals surface area contributed by atoms with Gasteiger partial charge in [-0.25, -0.2) is 4.68 Å². The van der Waals surface area contributed by atoms with Gasteiger partial charge in [0.25, 0.3) is 5.91 Å². The first-order chi connectivity index (χ1) is 12.7. The maximum absolute atomic E-state index is 13.1. The second kappa shape index (κ2) is 7.14. The number of hydrogen-bond acceptors (Lipinski definition) is 3. The van der Waals surface area contributed by atoms with E-state index in [4.69, 9.17) is 9.84 Å². The summed E-state index contributed by atoms with van der Waals surface area (Å²) in [6.07, 6.45) is 0. The van der Waals surface area contributed by atoms with Crippen LogP contribution in [0, 0.1) is 6.92 Å². The molecular weight excluding hydrogens is 326 g/mol. The number of aromatic nitrogens is 2. The second-order valence-corrected chi connectivity index (χ2v) is 6.44. The van der Waals surface area contributed by atoms with Crippen molar-refractivity contribution in [2.75, 3.05) is 26.3 Å². The Kier molecular flexibility index (Phi) is 4.54. The van der Waals surface area contributed by atoms with Gasteiger partial charge in [-0.05, 0) is 30.7 Å². The van der Waals surface area contributed by atoms with Crippen LogP contribution in [0.3, 0.4) is 0 Å². The van der Waals surface area contributed by atoms with E-state index in [9.17, 15) is 4.79 Å². The van der Waals surface area contributed by atoms with Crippen LogP contribution in [0.15, 0.2) is 60.7 Å². The van der Waals surface area contributed by atoms with Gasteiger partial charge in [0, 0.05) is 18.7 Å². The summed E-state index contributed by atoms with van der Waals surface area (Å²) in [6.45, 7) is 4.41. The Morgan fingerprint density at radius 1 is 1.00 bits per heavy atom. The molecule has 2 aromatic carbocycles. The molecule has 1 saturated heterocycles. The van der Waals surface area contributed by atoms with E-state index in [2.05, 4.69) is 0 Å². The Labute approximate surface area is 152 Å². The fraction of sp³-hybridized carbons (Fsp3) is 0.238. The Bertz CT molecular complexity index is 912. The number of carbonyl (C=O) groups is 1. The van der Waals surface area contributed by atoms with Gasteiger partial charge < -0.3 is 9.64 Å². The summed E-state index contributed by atoms with van der Waals surface area (Å²) in [6, 6.07) is 19.9. The summed E-state index contributed by atoms with van der Waals surface area (Å²) in [5, 5.41) is 4.75. The Morgan fingerprint density at radius 3 is 2.50 bits per heavy atom. The number of rotatable bonds is 3. The topological polar surface area (TPSA) is 47.4 Å². The van der Waals surface area contributed by atoms with Crippen molar-refractivity contribution >= 4 is 5.91 Å². The summed E-state index contributed by atoms with van der Waals surface area (Å²) >= 11 is 0. The van der Waals surface area contributed by atoms with Crippen LogP contribution < -0.4 is 0 Å². The third-order valence-electron chi connectivity index (χ3n) is 4.54. The first-order valence-corrected chi connectivity index (χ1v) is 8.82. The molecule has 1 aliphatic rings. The van der Waals surface area contributed by atoms with Gasteiger partial charge in [-0.2, -0.15) is 5.10 Å². The zero-order valence-electron chi connectivity index (χ0n) is 14.8. The molecule has 1 aromatic heterocycles. The van der Waals surface area contributed by atoms with Crippen molar-refractivity contribution < 1.29 is 9.53 Å². The summed E-state index contributed by atoms with van der Waals surface area (Å²) in [5.74, 6) is -0.00973. The average molecular weight is 347 g/mol. The number of benzene rings is 2. The van der Waals surface area contributed by atoms with Gasteiger partial charge in [-0.1, -0.05) is 42.5 Å². The van der Waals surface area contributed by atoms with Crippen LogP contribution in [0.1, 0.15) is 16.1 Å². The van der Waals surface area contributed by atoms with Crippen LogP contribution in [0.5, 0.6) is 0 Å². The lowest BCUT2D eigenvalue weighted by Crippen LogP contribution is -2.41. The highest BCUT2D eigenvalue weighted by atomic mass is 16.5. The minimum Gasteiger partial charge on any atom is -0.378 e. The quantitative estimate of drug-likeness (QED) is 0.730. The summed E-state index contributed by atoms with van der Waals surface area (Å²) < 4.78 is 7.13. The number of amides is 1. The highest BCUT2D eigenvalue weighted by molar-refractivity contribution is 5.94. The molecule has 0 saturated carbocycles. The predicted octanol–water partition coefficient (Wildman–Crippen LogP) is 3.32. The maximum atomic E-state index is 13.1. The van der Waals surface area contributed by atoms with Crippen LogP contribution in [0.4, 0.5) is 0 Å². The molecule has 3 aromatic rings. The molecule has 0 aliphatic carbocycles. The van der Waals surface area contributed by atoms with Crippen LogP contribution in [0.2, 0.25) is 0 Å². The van der Waals surface area contributed by atoms with Crippen molar-refractivity contribution in [2.45, 2.75) is 6.92 Å². The molecule has 26 heavy (non-hydrogen) atoms. The fourth-order valence-electron chi connectivity index (χ4n) is 3.17. The van der Waals surface area contributed by atoms with E-state index in [-0.39, 0.29) is 5.91 Å². The Hall–Kier alpha value is -2.92. The predicted molar refractivity (Wildman–Crippen MR) is 100 cm³/mol. The van der Waals surface area contributed by atoms with E-state index in [1.54, 1.807) is 4.68 Å². The molecule has 0 atom stereocenters. The lowest BCUT2D eigenvalue weighted by atomic mass is 10.1. The van der Waals surface area contributed by atoms with Crippen LogP contribution in [0.25, 0.3) is 16.9 Å². The van der Waals surface area contributed by atoms with Crippen molar-refractivity contribution in [1.29, 1.82) is 0 Å². The highest BCUT2D eigenvalue weighted by Gasteiger charge is 2.24. The molecule has 2 heterocycles. The fourth-order valence-corrected chi connectivity index (χ4v) is 3.17. The van der Waals surface area contributed by atoms with Gasteiger partial charge in [0.1, 0.15) is 5.69 Å². The number of ether oxygens (including phenoxy) is 1. The van der Waals surface area contributed by atoms with Gasteiger partial charge in [0.2, 0.25) is 0 Å². The lowest BCUT2D eigenvalue weighted by molar-refractivity contribution is 0.0297. The Morgan fingerprint density at radius 2 is 1.77 bits per heavy atom. The van der Waals surface area contributed by atoms with Crippen molar-refractivity contribution in [3.63, 3.8) is 0 Å². The van der Waals surface area contributed by atoms with E-state index >= 15 is 0 Å². The minimum atomic E-state index is -0.00973. The molecule has 0 radical (unpaired) electrons. The molecule has 5 nitrogen and oxygen atoms in total. The molecule has 1 amide bonds. The third kappa shape index (κ3) is 3.26. The van der Waals surface area contributed by atoms with Gasteiger partial charge in [0.15, 0.2) is 0 Å². The number of morpholine rings is 1. The van der Waals surface area contributed by atoms with Crippen LogP contribution in [-0.4, -0.2) is 46.9 Å². The summed E-state index contributed by atoms with van der Waals surface area (Å²) in [4.78, 5) is 15.0. The first kappa shape index (κ1) is 16.5. The molecule has 1 aliphatic heterocycles. The molecule has 5 heteroatoms. The van der Waals surface area contributed by atoms with E-state index < -0.39 is 0 Å². The smallest absolute Gasteiger partial charge is 0.272 e. The average Bonchev–Trinajstić information content (AvgIpc) is 3.14. The van der Waals surface area contributed by atoms with Crippen molar-refractivity contribution in [1.82, 2.24) is 14.7 Å². The molecule has 4 rings (SSSR count). The van der Waals surface area contributed by atoms with E-state index in [1.165, 1.54) is 0 Å². The Balaban J connectivity index is 1.80. The molecular formula is C21H21N3O2. The number of carbonyl (C=O) groups excluding carboxylic acids is 1. The van der Waals surface area contributed by atoms with Crippen LogP contribution >= 0.6 is 0 Å². The summed E-state index contributed by atoms with van der Waals surface area (Å²) in [7, 11) is 0. The zero-order valence-corrected chi connectivity index (χ0v) is 14.8. The number of hydrogen-bond donors (Lipinski definition) is 0. The lowest BCUT2D eigenvalue weighted by Gasteiger charge is -2.26. The zero-order chi connectivity index (χ0) is 17.9. The molecule has 0 spiro atoms. The molecule has 0 bridgehead atoms. The second-order valence-electron chi connectivity index (χ2n) is 6.44. The third-order valence-corrected chi connectivity index (χ3v) is 4.54. The molecule has 1 fully saturated rings. The van der Waals surface area contributed by atoms with E-state index in [0.717, 1.165) is 22.5 Å². The van der Waals surface area contributed by atoms with Crippen molar-refractivity contribution in [3.8, 4) is 16.9 Å². The van der Waals surface area contributed by atoms with Crippen LogP contribution in [-0.2, 0) is 4.74 Å². The molecule has 132 valence electrons. The monoisotopic (exact) mass is 347 g/mol. The van der Waals surface area contributed by atoms with Gasteiger partial charge in [0.05, 0.1) is 24.6 Å². The normalized spacial score (nSPS) is 14.4. The maximum Gasteiger partial charge on any atom is 0.272 e. The minimum absolute atomic E-state index is 0.00973. The van der Waals surface area contributed by atoms with E-state index in [0.29, 0.717) is 32.0 Å². The number of nitrogens with zero attached hydrogens (tertiary/aromatic N) is 3. The van der Waals surface area contributed by atoms with Crippen molar-refractivity contribution in [3.05, 3.63) is 71.9 Å². The van der Waals surface area contributed by atoms with Gasteiger partial charge in [-0.15, -0.1) is 0 Å². The first-order valence-electron chi connectivity index (χ1n) is 8.82. The van der Waals surface area contributed by atoms with Gasteiger partial charge in [-0.3, -0.25) is 4.79 Å². The standard InChI is InChI=1S/C21H21N3O2/c1-16-6-5-9-18(14-16)24-20(21(25)23-10-12-26-13-11-23)15-19(22-24)17-7-3-2-4-8-17/h2-9,14-15H,10-13H2,1H3. The van der Waals surface area contributed by atoms with Crippen molar-refractivity contribution in [2.24, 2.45) is 0 Å². The van der Waals surface area contributed by atoms with E-state index in [1.807, 2.05) is 72.5 Å². The number of aryl methyl sites for hydroxylation is 1. The SMILES string of the molecule is Cc1cccc(-n2nc(-c3ccccc3)cc2C(=O)N2CCOCC2)c1. The molecule has 0 N–H and O–H groups in total. The largest absolute Gasteiger partial charge is 0.378 e. The molecule has 0 unspecified atom stereocenters. The van der Waals surface area contributed by atoms with Gasteiger partial charge >= 0.3 is 0 Å².